The number of aliphatic carboxylic acids is 1. The predicted molar refractivity (Wildman–Crippen MR) is 562 cm³/mol. The normalized spacial score (nSPS) is 20.7. The zero-order valence-electron chi connectivity index (χ0n) is 86.0. The molecule has 0 unspecified atom stereocenters. The molecule has 4 aromatic carbocycles. The number of carbonyl (C=O) groups excluding carboxylic acids is 7. The van der Waals surface area contributed by atoms with Crippen LogP contribution in [0.25, 0.3) is 22.1 Å². The molecule has 3 radical (unpaired) electrons. The average Bonchev–Trinajstić information content (AvgIpc) is 1.65. The van der Waals surface area contributed by atoms with Gasteiger partial charge in [-0.15, -0.1) is 12.4 Å². The maximum absolute atomic E-state index is 12.2. The molecule has 36 nitrogen and oxygen atoms in total. The summed E-state index contributed by atoms with van der Waals surface area (Å²) in [6.07, 6.45) is 42.7. The SMILES string of the molecule is C.CC(C)(C)OC(=O)N[C@H](CO)C1CCCCC1.CC(C)(C)OC(=O)OC(=O)OC(C)(C)C.Cl.N[C@H](C(=O)O)C1CCCCC1.N[C@H](CO)C1CCCCC1.Nc1ccc(Br)cc1N.Nc1ccc(N2C(=O)OC[C@@H]2C2CCCCC2)cc1N.O=C1N[C@@H](C2CCCCC2)CO1.O=C1OC[C@H](C2CCCCC2)N1c1ccc2nc[nH]c2c1.O=C1OC[C@H](C2CCCCC2)N1c1ccc2nc[nH]c2c1.O=CO.[Al].[H-].[Li+]. The van der Waals surface area contributed by atoms with E-state index in [-0.39, 0.29) is 138 Å². The first kappa shape index (κ1) is 126. The summed E-state index contributed by atoms with van der Waals surface area (Å²) in [4.78, 5) is 120. The summed E-state index contributed by atoms with van der Waals surface area (Å²) in [7, 11) is 0. The number of aromatic nitrogens is 4. The van der Waals surface area contributed by atoms with Gasteiger partial charge in [-0.2, -0.15) is 0 Å². The van der Waals surface area contributed by atoms with Crippen molar-refractivity contribution in [2.24, 2.45) is 52.9 Å². The number of imidazole rings is 2. The fourth-order valence-corrected chi connectivity index (χ4v) is 20.1. The molecule has 40 heteroatoms. The minimum Gasteiger partial charge on any atom is -1.00 e. The number of nitrogens with two attached hydrogens (primary N) is 6. The van der Waals surface area contributed by atoms with Crippen molar-refractivity contribution in [3.8, 4) is 0 Å². The number of carbonyl (C=O) groups is 9. The van der Waals surface area contributed by atoms with E-state index in [9.17, 15) is 43.5 Å². The van der Waals surface area contributed by atoms with Gasteiger partial charge in [-0.25, -0.2) is 43.5 Å². The van der Waals surface area contributed by atoms with Gasteiger partial charge >= 0.3 is 67.6 Å². The van der Waals surface area contributed by atoms with Crippen LogP contribution in [0, 0.1) is 41.4 Å². The van der Waals surface area contributed by atoms with Crippen molar-refractivity contribution in [2.75, 3.05) is 77.3 Å². The molecule has 7 aliphatic carbocycles. The molecule has 4 aliphatic heterocycles. The number of benzene rings is 4. The first-order valence-electron chi connectivity index (χ1n) is 50.1. The van der Waals surface area contributed by atoms with Crippen molar-refractivity contribution in [1.82, 2.24) is 30.6 Å². The van der Waals surface area contributed by atoms with Gasteiger partial charge in [-0.1, -0.05) is 158 Å². The summed E-state index contributed by atoms with van der Waals surface area (Å²) in [6, 6.07) is 22.6. The molecule has 5 amide bonds. The molecule has 795 valence electrons. The van der Waals surface area contributed by atoms with Crippen LogP contribution < -0.4 is 78.6 Å². The maximum atomic E-state index is 12.2. The number of ether oxygens (including phenoxy) is 8. The number of H-pyrrole nitrogens is 2. The van der Waals surface area contributed by atoms with E-state index in [1.54, 1.807) is 83.4 Å². The molecular weight excluding hydrogens is 1930 g/mol. The van der Waals surface area contributed by atoms with Gasteiger partial charge in [0.1, 0.15) is 49.3 Å². The zero-order valence-corrected chi connectivity index (χ0v) is 88.6. The Hall–Kier alpha value is -9.21. The standard InChI is InChI=1S/2C16H19N3O2.C15H21N3O2.C13H25NO3.C10H18O5.C9H15NO2.C8H15NO2.C8H17NO.C6H7BrN2.CH2O2.CH4.Al.ClH.Li.H/c2*20-16-19(12-6-7-13-14(8-12)18-10-17-13)15(9-21-16)11-4-2-1-3-5-11;16-12-7-6-11(8-13(12)17)18-14(9-20-15(18)19)10-4-2-1-3-5-10;1-13(2,3)17-12(16)14-11(9-15)10-7-5-4-6-8-10;1-9(2,3)14-7(11)13-8(12)15-10(4,5)6;11-9-10-8(6-12-9)7-4-2-1-3-5-7;9-7(8(10)11)6-4-2-1-3-5-6;9-8(6-10)7-4-2-1-3-5-7;7-4-1-2-5(8)6(9)3-4;2-1-3;;;;;/h2*6-8,10-11,15H,1-5,9H2,(H,17,18);6-8,10,14H,1-5,9,16-17H2;10-11,15H,4-9H2,1-3H3,(H,14,16);1-6H3;7-8H,1-6H2,(H,10,11);6-7H,1-5,9H2,(H,10,11);7-8,10H,1-6,9H2;1-3H,8-9H2;1H,(H,2,3);1H4;;1H;;/q;;;;;;;;;;;;;+1;-1/t2*15-;14-;11-;;8-;7-;8-;;;;;;;/m1111.101......./s1. The van der Waals surface area contributed by atoms with Crippen molar-refractivity contribution in [3.05, 3.63) is 89.9 Å². The molecule has 6 heterocycles. The number of nitrogens with zero attached hydrogens (tertiary/aromatic N) is 5. The molecule has 143 heavy (non-hydrogen) atoms. The first-order chi connectivity index (χ1) is 66.3. The van der Waals surface area contributed by atoms with E-state index >= 15 is 0 Å². The van der Waals surface area contributed by atoms with Crippen LogP contribution in [0.4, 0.5) is 73.4 Å². The Labute approximate surface area is 883 Å². The molecule has 7 saturated carbocycles. The predicted octanol–water partition coefficient (Wildman–Crippen LogP) is 17.7. The summed E-state index contributed by atoms with van der Waals surface area (Å²) < 4.78 is 40.8. The Morgan fingerprint density at radius 1 is 0.483 bits per heavy atom. The number of carboxylic acid groups (broad SMARTS) is 2. The number of nitrogens with one attached hydrogen (secondary N) is 4. The first-order valence-corrected chi connectivity index (χ1v) is 50.9. The Morgan fingerprint density at radius 2 is 0.818 bits per heavy atom. The van der Waals surface area contributed by atoms with E-state index in [0.29, 0.717) is 90.7 Å². The Balaban J connectivity index is 0.000000419. The molecule has 17 rings (SSSR count). The van der Waals surface area contributed by atoms with Crippen LogP contribution in [0.15, 0.2) is 89.9 Å². The van der Waals surface area contributed by atoms with Gasteiger partial charge in [0, 0.05) is 44.9 Å². The second-order valence-corrected chi connectivity index (χ2v) is 41.7. The van der Waals surface area contributed by atoms with Crippen molar-refractivity contribution in [2.45, 2.75) is 354 Å². The van der Waals surface area contributed by atoms with Crippen LogP contribution in [0.2, 0.25) is 0 Å². The van der Waals surface area contributed by atoms with Crippen LogP contribution in [0.3, 0.4) is 0 Å². The van der Waals surface area contributed by atoms with Gasteiger partial charge in [-0.3, -0.25) is 24.3 Å². The fourth-order valence-electron chi connectivity index (χ4n) is 19.7. The quantitative estimate of drug-likeness (QED) is 0.0120. The number of anilines is 7. The summed E-state index contributed by atoms with van der Waals surface area (Å²) in [5.41, 5.74) is 40.4. The van der Waals surface area contributed by atoms with Crippen LogP contribution >= 0.6 is 28.3 Å². The van der Waals surface area contributed by atoms with Crippen molar-refractivity contribution in [1.29, 1.82) is 0 Å². The second-order valence-electron chi connectivity index (χ2n) is 40.8. The minimum absolute atomic E-state index is 0. The molecule has 0 bridgehead atoms. The van der Waals surface area contributed by atoms with Crippen LogP contribution in [0.1, 0.15) is 296 Å². The molecule has 7 atom stereocenters. The number of aromatic amines is 2. The number of hydrogen-bond donors (Lipinski definition) is 14. The average molecular weight is 2100 g/mol. The van der Waals surface area contributed by atoms with Gasteiger partial charge < -0.3 is 115 Å². The molecular formula is C103H164AlBrClLiN15O21. The van der Waals surface area contributed by atoms with Gasteiger partial charge in [0.15, 0.2) is 0 Å². The number of cyclic esters (lactones) is 4. The molecule has 6 aromatic rings. The third-order valence-electron chi connectivity index (χ3n) is 26.9. The van der Waals surface area contributed by atoms with Crippen molar-refractivity contribution in [3.63, 3.8) is 0 Å². The maximum Gasteiger partial charge on any atom is 1.00 e. The summed E-state index contributed by atoms with van der Waals surface area (Å²) in [5.74, 6) is 2.67. The van der Waals surface area contributed by atoms with Crippen molar-refractivity contribution >= 4 is 163 Å². The smallest absolute Gasteiger partial charge is 1.00 e. The van der Waals surface area contributed by atoms with E-state index in [1.165, 1.54) is 186 Å². The number of amides is 5. The Morgan fingerprint density at radius 3 is 1.15 bits per heavy atom. The number of fused-ring (bicyclic) bond motifs is 2. The zero-order chi connectivity index (χ0) is 101. The van der Waals surface area contributed by atoms with E-state index in [4.69, 9.17) is 87.7 Å². The summed E-state index contributed by atoms with van der Waals surface area (Å²) >= 11 is 3.26. The topological polar surface area (TPSA) is 556 Å². The molecule has 0 spiro atoms. The van der Waals surface area contributed by atoms with E-state index < -0.39 is 47.2 Å². The molecule has 4 saturated heterocycles. The van der Waals surface area contributed by atoms with Crippen molar-refractivity contribution < 1.29 is 122 Å². The van der Waals surface area contributed by atoms with Crippen LogP contribution in [-0.2, 0) is 47.5 Å². The largest absolute Gasteiger partial charge is 1.00 e. The number of aliphatic hydroxyl groups excluding tert-OH is 2. The minimum atomic E-state index is -1.06. The van der Waals surface area contributed by atoms with Crippen LogP contribution in [0.5, 0.6) is 0 Å². The number of nitrogen functional groups attached to an aromatic ring is 4. The number of carboxylic acids is 1. The second kappa shape index (κ2) is 64.0. The Kier molecular flexibility index (Phi) is 56.5. The van der Waals surface area contributed by atoms with E-state index in [0.717, 1.165) is 82.1 Å². The number of alkyl carbamates (subject to hydrolysis) is 2. The number of hydrogen-bond acceptors (Lipinski definition) is 27. The number of aliphatic hydroxyl groups is 2. The molecule has 11 fully saturated rings. The van der Waals surface area contributed by atoms with E-state index in [2.05, 4.69) is 51.2 Å². The van der Waals surface area contributed by atoms with Gasteiger partial charge in [0.25, 0.3) is 6.47 Å². The summed E-state index contributed by atoms with van der Waals surface area (Å²) in [6.45, 7) is 17.5. The molecule has 20 N–H and O–H groups in total. The third-order valence-corrected chi connectivity index (χ3v) is 27.4. The van der Waals surface area contributed by atoms with Gasteiger partial charge in [0.05, 0.1) is 101 Å². The summed E-state index contributed by atoms with van der Waals surface area (Å²) in [5, 5.41) is 39.3. The van der Waals surface area contributed by atoms with E-state index in [1.807, 2.05) is 79.1 Å². The number of rotatable bonds is 14. The van der Waals surface area contributed by atoms with Gasteiger partial charge in [-0.05, 0) is 266 Å². The van der Waals surface area contributed by atoms with Gasteiger partial charge in [0.2, 0.25) is 0 Å². The van der Waals surface area contributed by atoms with Crippen LogP contribution in [-0.4, -0.2) is 212 Å². The number of halogens is 2. The fraction of sp³-hybridized carbons (Fsp3) is 0.660. The molecule has 2 aromatic heterocycles. The monoisotopic (exact) mass is 2100 g/mol. The molecule has 11 aliphatic rings. The third kappa shape index (κ3) is 43.0. The Bertz CT molecular complexity index is 4640.